The summed E-state index contributed by atoms with van der Waals surface area (Å²) in [4.78, 5) is 30.1. The Morgan fingerprint density at radius 3 is 2.73 bits per heavy atom. The molecule has 1 saturated heterocycles. The first kappa shape index (κ1) is 30.7. The van der Waals surface area contributed by atoms with Crippen molar-refractivity contribution in [2.45, 2.75) is 43.7 Å². The number of aliphatic hydroxyl groups is 1. The van der Waals surface area contributed by atoms with Crippen LogP contribution in [0.3, 0.4) is 0 Å². The van der Waals surface area contributed by atoms with Crippen molar-refractivity contribution in [1.29, 1.82) is 0 Å². The van der Waals surface area contributed by atoms with E-state index in [-0.39, 0.29) is 43.5 Å². The molecule has 4 rings (SSSR count). The third kappa shape index (κ3) is 8.15. The maximum absolute atomic E-state index is 13.8. The molecule has 2 amide bonds. The van der Waals surface area contributed by atoms with E-state index in [0.717, 1.165) is 22.2 Å². The summed E-state index contributed by atoms with van der Waals surface area (Å²) in [7, 11) is -3.98. The van der Waals surface area contributed by atoms with Gasteiger partial charge in [0.2, 0.25) is 10.0 Å². The molecule has 2 N–H and O–H groups in total. The highest BCUT2D eigenvalue weighted by Gasteiger charge is 2.32. The predicted molar refractivity (Wildman–Crippen MR) is 155 cm³/mol. The number of carbonyl (C=O) groups excluding carboxylic acids is 2. The number of cyclic esters (lactones) is 1. The second-order valence-corrected chi connectivity index (χ2v) is 12.9. The van der Waals surface area contributed by atoms with Crippen molar-refractivity contribution < 1.29 is 32.6 Å². The molecule has 0 bridgehead atoms. The number of fused-ring (bicyclic) bond motifs is 1. The van der Waals surface area contributed by atoms with Crippen LogP contribution in [0, 0.1) is 5.92 Å². The van der Waals surface area contributed by atoms with E-state index in [1.165, 1.54) is 26.6 Å². The van der Waals surface area contributed by atoms with Crippen LogP contribution in [-0.4, -0.2) is 91.4 Å². The van der Waals surface area contributed by atoms with Crippen LogP contribution >= 0.6 is 11.3 Å². The number of thiazole rings is 1. The van der Waals surface area contributed by atoms with Gasteiger partial charge < -0.3 is 24.8 Å². The van der Waals surface area contributed by atoms with E-state index in [0.29, 0.717) is 13.2 Å². The molecule has 222 valence electrons. The van der Waals surface area contributed by atoms with Gasteiger partial charge in [-0.1, -0.05) is 50.6 Å². The number of benzene rings is 2. The number of hydrogen-bond acceptors (Lipinski definition) is 9. The molecule has 3 aromatic rings. The number of alkyl carbamates (subject to hydrolysis) is 1. The molecule has 1 aromatic heterocycles. The molecule has 1 aliphatic rings. The summed E-state index contributed by atoms with van der Waals surface area (Å²) < 4.78 is 39.9. The van der Waals surface area contributed by atoms with E-state index in [1.807, 2.05) is 44.2 Å². The van der Waals surface area contributed by atoms with Crippen LogP contribution < -0.4 is 5.32 Å². The molecule has 0 unspecified atom stereocenters. The minimum Gasteiger partial charge on any atom is -0.448 e. The van der Waals surface area contributed by atoms with Crippen molar-refractivity contribution in [3.8, 4) is 0 Å². The summed E-state index contributed by atoms with van der Waals surface area (Å²) >= 11 is 1.36. The molecule has 0 aliphatic carbocycles. The number of aromatic nitrogens is 1. The zero-order valence-electron chi connectivity index (χ0n) is 23.1. The number of sulfonamides is 1. The average Bonchev–Trinajstić information content (AvgIpc) is 3.60. The van der Waals surface area contributed by atoms with Gasteiger partial charge in [-0.2, -0.15) is 4.31 Å². The highest BCUT2D eigenvalue weighted by molar-refractivity contribution is 7.89. The van der Waals surface area contributed by atoms with Crippen LogP contribution in [-0.2, 0) is 25.9 Å². The number of ether oxygens (including phenoxy) is 2. The van der Waals surface area contributed by atoms with Crippen LogP contribution in [0.1, 0.15) is 25.8 Å². The van der Waals surface area contributed by atoms with Crippen molar-refractivity contribution in [3.05, 3.63) is 59.6 Å². The number of amides is 2. The number of carbonyl (C=O) groups is 2. The molecule has 2 aromatic carbocycles. The van der Waals surface area contributed by atoms with E-state index in [4.69, 9.17) is 9.47 Å². The second kappa shape index (κ2) is 14.1. The SMILES string of the molecule is CC[C@H](C)CN(C[C@@H](O)[C@H](Cc1ccccc1)NC(=O)OCCN1CCOC1=O)S(=O)(=O)c1ccc2ncsc2c1. The van der Waals surface area contributed by atoms with Gasteiger partial charge in [-0.05, 0) is 36.1 Å². The summed E-state index contributed by atoms with van der Waals surface area (Å²) in [5, 5.41) is 14.1. The Hall–Kier alpha value is -3.26. The number of rotatable bonds is 14. The molecule has 1 aliphatic heterocycles. The zero-order chi connectivity index (χ0) is 29.4. The minimum atomic E-state index is -3.98. The summed E-state index contributed by atoms with van der Waals surface area (Å²) in [6, 6.07) is 13.2. The lowest BCUT2D eigenvalue weighted by Gasteiger charge is -2.31. The van der Waals surface area contributed by atoms with E-state index in [2.05, 4.69) is 10.3 Å². The lowest BCUT2D eigenvalue weighted by molar-refractivity contribution is 0.0862. The zero-order valence-corrected chi connectivity index (χ0v) is 24.8. The van der Waals surface area contributed by atoms with Gasteiger partial charge in [-0.3, -0.25) is 0 Å². The fraction of sp³-hybridized carbons (Fsp3) is 0.464. The highest BCUT2D eigenvalue weighted by Crippen LogP contribution is 2.25. The monoisotopic (exact) mass is 604 g/mol. The lowest BCUT2D eigenvalue weighted by atomic mass is 10.0. The Balaban J connectivity index is 1.50. The van der Waals surface area contributed by atoms with E-state index < -0.39 is 34.4 Å². The Morgan fingerprint density at radius 2 is 2.02 bits per heavy atom. The van der Waals surface area contributed by atoms with Gasteiger partial charge in [0.05, 0.1) is 45.9 Å². The standard InChI is InChI=1S/C28H36N4O7S2/c1-3-20(2)17-32(41(36,37)22-9-10-23-26(16-22)40-19-29-23)18-25(33)24(15-21-7-5-4-6-8-21)30-27(34)38-13-11-31-12-14-39-28(31)35/h4-10,16,19-20,24-25,33H,3,11-15,17-18H2,1-2H3,(H,30,34)/t20-,24-,25+/m0/s1. The van der Waals surface area contributed by atoms with Crippen molar-refractivity contribution in [2.24, 2.45) is 5.92 Å². The molecule has 3 atom stereocenters. The van der Waals surface area contributed by atoms with Crippen molar-refractivity contribution in [1.82, 2.24) is 19.5 Å². The Kier molecular flexibility index (Phi) is 10.5. The van der Waals surface area contributed by atoms with Gasteiger partial charge in [0.25, 0.3) is 0 Å². The van der Waals surface area contributed by atoms with Crippen molar-refractivity contribution >= 4 is 43.8 Å². The van der Waals surface area contributed by atoms with Gasteiger partial charge in [-0.15, -0.1) is 11.3 Å². The fourth-order valence-corrected chi connectivity index (χ4v) is 6.85. The molecule has 0 radical (unpaired) electrons. The van der Waals surface area contributed by atoms with Crippen LogP contribution in [0.5, 0.6) is 0 Å². The van der Waals surface area contributed by atoms with Gasteiger partial charge in [-0.25, -0.2) is 23.0 Å². The average molecular weight is 605 g/mol. The second-order valence-electron chi connectivity index (χ2n) is 10.1. The van der Waals surface area contributed by atoms with Crippen molar-refractivity contribution in [2.75, 3.05) is 39.4 Å². The van der Waals surface area contributed by atoms with Gasteiger partial charge in [0.1, 0.15) is 13.2 Å². The molecule has 11 nitrogen and oxygen atoms in total. The van der Waals surface area contributed by atoms with Crippen molar-refractivity contribution in [3.63, 3.8) is 0 Å². The van der Waals surface area contributed by atoms with Gasteiger partial charge in [0, 0.05) is 13.1 Å². The molecular weight excluding hydrogens is 568 g/mol. The predicted octanol–water partition coefficient (Wildman–Crippen LogP) is 3.48. The fourth-order valence-electron chi connectivity index (χ4n) is 4.45. The summed E-state index contributed by atoms with van der Waals surface area (Å²) in [5.74, 6) is 0.0342. The Labute approximate surface area is 244 Å². The van der Waals surface area contributed by atoms with Crippen LogP contribution in [0.2, 0.25) is 0 Å². The largest absolute Gasteiger partial charge is 0.448 e. The minimum absolute atomic E-state index is 0.0342. The topological polar surface area (TPSA) is 138 Å². The first-order valence-corrected chi connectivity index (χ1v) is 15.9. The highest BCUT2D eigenvalue weighted by atomic mass is 32.2. The van der Waals surface area contributed by atoms with E-state index in [9.17, 15) is 23.1 Å². The van der Waals surface area contributed by atoms with E-state index in [1.54, 1.807) is 17.6 Å². The normalized spacial score (nSPS) is 16.0. The quantitative estimate of drug-likeness (QED) is 0.285. The Morgan fingerprint density at radius 1 is 1.24 bits per heavy atom. The smallest absolute Gasteiger partial charge is 0.410 e. The number of nitrogens with zero attached hydrogens (tertiary/aromatic N) is 3. The molecule has 0 spiro atoms. The number of hydrogen-bond donors (Lipinski definition) is 2. The van der Waals surface area contributed by atoms with Crippen LogP contribution in [0.25, 0.3) is 10.2 Å². The number of aliphatic hydroxyl groups excluding tert-OH is 1. The molecular formula is C28H36N4O7S2. The summed E-state index contributed by atoms with van der Waals surface area (Å²) in [6.07, 6.45) is -1.48. The first-order chi connectivity index (χ1) is 19.7. The molecule has 1 fully saturated rings. The summed E-state index contributed by atoms with van der Waals surface area (Å²) in [6.45, 7) is 4.75. The van der Waals surface area contributed by atoms with Crippen LogP contribution in [0.4, 0.5) is 9.59 Å². The first-order valence-electron chi connectivity index (χ1n) is 13.6. The van der Waals surface area contributed by atoms with Crippen LogP contribution in [0.15, 0.2) is 58.9 Å². The Bertz CT molecular complexity index is 1420. The molecule has 41 heavy (non-hydrogen) atoms. The van der Waals surface area contributed by atoms with E-state index >= 15 is 0 Å². The third-order valence-corrected chi connectivity index (χ3v) is 9.67. The summed E-state index contributed by atoms with van der Waals surface area (Å²) in [5.41, 5.74) is 3.23. The maximum atomic E-state index is 13.8. The molecule has 2 heterocycles. The molecule has 13 heteroatoms. The van der Waals surface area contributed by atoms with Gasteiger partial charge >= 0.3 is 12.2 Å². The lowest BCUT2D eigenvalue weighted by Crippen LogP contribution is -2.51. The molecule has 0 saturated carbocycles. The van der Waals surface area contributed by atoms with Gasteiger partial charge in [0.15, 0.2) is 0 Å². The maximum Gasteiger partial charge on any atom is 0.410 e. The third-order valence-electron chi connectivity index (χ3n) is 7.05. The number of nitrogens with one attached hydrogen (secondary N) is 1.